The summed E-state index contributed by atoms with van der Waals surface area (Å²) in [6.07, 6.45) is -3.45. The molecule has 2 atom stereocenters. The second-order valence-corrected chi connectivity index (χ2v) is 9.22. The number of nitrogens with one attached hydrogen (secondary N) is 1. The molecule has 0 bridgehead atoms. The summed E-state index contributed by atoms with van der Waals surface area (Å²) in [7, 11) is 0. The zero-order chi connectivity index (χ0) is 27.6. The van der Waals surface area contributed by atoms with E-state index in [9.17, 15) is 32.7 Å². The van der Waals surface area contributed by atoms with E-state index in [1.807, 2.05) is 13.8 Å². The minimum atomic E-state index is -4.54. The summed E-state index contributed by atoms with van der Waals surface area (Å²) >= 11 is 0. The maximum Gasteiger partial charge on any atom is 0.393 e. The third kappa shape index (κ3) is 5.65. The Morgan fingerprint density at radius 1 is 1.21 bits per heavy atom. The number of halogens is 3. The first-order valence-corrected chi connectivity index (χ1v) is 12.4. The predicted molar refractivity (Wildman–Crippen MR) is 133 cm³/mol. The fraction of sp³-hybridized carbons (Fsp3) is 0.480. The Hall–Kier alpha value is -3.90. The van der Waals surface area contributed by atoms with Gasteiger partial charge in [-0.1, -0.05) is 12.1 Å². The van der Waals surface area contributed by atoms with Crippen molar-refractivity contribution in [2.24, 2.45) is 0 Å². The van der Waals surface area contributed by atoms with E-state index in [1.165, 1.54) is 0 Å². The largest absolute Gasteiger partial charge is 0.480 e. The Labute approximate surface area is 217 Å². The lowest BCUT2D eigenvalue weighted by Gasteiger charge is -2.22. The summed E-state index contributed by atoms with van der Waals surface area (Å²) in [5.41, 5.74) is 0.662. The van der Waals surface area contributed by atoms with Gasteiger partial charge < -0.3 is 20.2 Å². The molecule has 0 saturated carbocycles. The number of aliphatic carboxylic acids is 1. The van der Waals surface area contributed by atoms with E-state index in [-0.39, 0.29) is 35.7 Å². The Balaban J connectivity index is 1.54. The number of alkyl halides is 3. The van der Waals surface area contributed by atoms with Crippen molar-refractivity contribution < 1.29 is 32.7 Å². The minimum Gasteiger partial charge on any atom is -0.480 e. The zero-order valence-electron chi connectivity index (χ0n) is 21.0. The average Bonchev–Trinajstić information content (AvgIpc) is 3.44. The fourth-order valence-electron chi connectivity index (χ4n) is 4.77. The first-order chi connectivity index (χ1) is 18.0. The van der Waals surface area contributed by atoms with Crippen LogP contribution in [0.3, 0.4) is 0 Å². The quantitative estimate of drug-likeness (QED) is 0.445. The molecular weight excluding hydrogens is 505 g/mol. The second kappa shape index (κ2) is 10.8. The van der Waals surface area contributed by atoms with Gasteiger partial charge >= 0.3 is 18.2 Å². The Bertz CT molecular complexity index is 1180. The van der Waals surface area contributed by atoms with Crippen LogP contribution in [-0.4, -0.2) is 75.8 Å². The second-order valence-electron chi connectivity index (χ2n) is 9.22. The van der Waals surface area contributed by atoms with Crippen LogP contribution in [0.2, 0.25) is 0 Å². The van der Waals surface area contributed by atoms with Gasteiger partial charge in [-0.05, 0) is 44.4 Å². The van der Waals surface area contributed by atoms with Crippen molar-refractivity contribution in [1.82, 2.24) is 14.9 Å². The molecule has 0 unspecified atom stereocenters. The summed E-state index contributed by atoms with van der Waals surface area (Å²) in [4.78, 5) is 50.1. The van der Waals surface area contributed by atoms with Gasteiger partial charge in [0.05, 0.1) is 12.1 Å². The number of rotatable bonds is 10. The highest BCUT2D eigenvalue weighted by Crippen LogP contribution is 2.32. The molecule has 2 aliphatic heterocycles. The van der Waals surface area contributed by atoms with E-state index in [2.05, 4.69) is 15.3 Å². The molecule has 204 valence electrons. The van der Waals surface area contributed by atoms with Gasteiger partial charge in [0.2, 0.25) is 5.95 Å². The number of aromatic nitrogens is 2. The molecule has 10 nitrogen and oxygen atoms in total. The van der Waals surface area contributed by atoms with Crippen LogP contribution in [0, 0.1) is 0 Å². The van der Waals surface area contributed by atoms with Crippen LogP contribution in [0.1, 0.15) is 37.8 Å². The van der Waals surface area contributed by atoms with Gasteiger partial charge in [0.1, 0.15) is 17.9 Å². The number of amides is 3. The van der Waals surface area contributed by atoms with Gasteiger partial charge in [-0.3, -0.25) is 4.79 Å². The highest BCUT2D eigenvalue weighted by Gasteiger charge is 2.48. The van der Waals surface area contributed by atoms with Crippen molar-refractivity contribution in [3.05, 3.63) is 41.6 Å². The molecule has 0 spiro atoms. The van der Waals surface area contributed by atoms with Crippen molar-refractivity contribution in [3.63, 3.8) is 0 Å². The minimum absolute atomic E-state index is 0.0810. The SMILES string of the molecule is CCN(CC)c1ncc(CC(F)(F)F)c(N[C@H](Cc2ccc(N3C(=O)[C@@H]4CCCN4C3=O)cc2)C(=O)O)n1. The summed E-state index contributed by atoms with van der Waals surface area (Å²) in [5, 5.41) is 12.5. The average molecular weight is 535 g/mol. The third-order valence-electron chi connectivity index (χ3n) is 6.73. The van der Waals surface area contributed by atoms with Gasteiger partial charge in [-0.15, -0.1) is 0 Å². The van der Waals surface area contributed by atoms with Gasteiger partial charge in [0, 0.05) is 37.8 Å². The number of hydrogen-bond acceptors (Lipinski definition) is 7. The topological polar surface area (TPSA) is 119 Å². The van der Waals surface area contributed by atoms with Gasteiger partial charge in [-0.2, -0.15) is 18.2 Å². The molecule has 1 aromatic heterocycles. The number of carbonyl (C=O) groups is 3. The number of hydrogen-bond donors (Lipinski definition) is 2. The predicted octanol–water partition coefficient (Wildman–Crippen LogP) is 3.47. The number of urea groups is 1. The number of carboxylic acids is 1. The number of carboxylic acid groups (broad SMARTS) is 1. The highest BCUT2D eigenvalue weighted by molar-refractivity contribution is 6.21. The van der Waals surface area contributed by atoms with Gasteiger partial charge in [0.15, 0.2) is 0 Å². The molecule has 3 amide bonds. The van der Waals surface area contributed by atoms with Crippen LogP contribution in [0.15, 0.2) is 30.5 Å². The van der Waals surface area contributed by atoms with Crippen LogP contribution in [0.4, 0.5) is 35.4 Å². The van der Waals surface area contributed by atoms with E-state index in [1.54, 1.807) is 34.1 Å². The number of carbonyl (C=O) groups excluding carboxylic acids is 2. The maximum absolute atomic E-state index is 13.2. The molecule has 1 aromatic carbocycles. The first kappa shape index (κ1) is 27.1. The van der Waals surface area contributed by atoms with Crippen molar-refractivity contribution in [2.75, 3.05) is 34.8 Å². The lowest BCUT2D eigenvalue weighted by atomic mass is 10.0. The van der Waals surface area contributed by atoms with Crippen LogP contribution >= 0.6 is 0 Å². The monoisotopic (exact) mass is 534 g/mol. The van der Waals surface area contributed by atoms with E-state index in [0.29, 0.717) is 37.3 Å². The number of benzene rings is 1. The molecule has 2 aliphatic rings. The number of fused-ring (bicyclic) bond motifs is 1. The molecule has 2 aromatic rings. The summed E-state index contributed by atoms with van der Waals surface area (Å²) in [6.45, 7) is 5.26. The molecular formula is C25H29F3N6O4. The fourth-order valence-corrected chi connectivity index (χ4v) is 4.77. The molecule has 3 heterocycles. The molecule has 2 saturated heterocycles. The van der Waals surface area contributed by atoms with Crippen molar-refractivity contribution in [2.45, 2.75) is 57.8 Å². The zero-order valence-corrected chi connectivity index (χ0v) is 21.0. The molecule has 2 fully saturated rings. The molecule has 4 rings (SSSR count). The van der Waals surface area contributed by atoms with Crippen LogP contribution < -0.4 is 15.1 Å². The Morgan fingerprint density at radius 2 is 1.89 bits per heavy atom. The highest BCUT2D eigenvalue weighted by atomic mass is 19.4. The molecule has 2 N–H and O–H groups in total. The lowest BCUT2D eigenvalue weighted by molar-refractivity contribution is -0.137. The molecule has 38 heavy (non-hydrogen) atoms. The van der Waals surface area contributed by atoms with E-state index in [4.69, 9.17) is 0 Å². The molecule has 0 radical (unpaired) electrons. The van der Waals surface area contributed by atoms with E-state index in [0.717, 1.165) is 17.5 Å². The van der Waals surface area contributed by atoms with Crippen molar-refractivity contribution >= 4 is 35.4 Å². The van der Waals surface area contributed by atoms with E-state index >= 15 is 0 Å². The van der Waals surface area contributed by atoms with Gasteiger partial charge in [0.25, 0.3) is 5.91 Å². The summed E-state index contributed by atoms with van der Waals surface area (Å²) < 4.78 is 39.6. The van der Waals surface area contributed by atoms with Gasteiger partial charge in [-0.25, -0.2) is 19.5 Å². The van der Waals surface area contributed by atoms with E-state index < -0.39 is 30.7 Å². The first-order valence-electron chi connectivity index (χ1n) is 12.4. The standard InChI is InChI=1S/C25H29F3N6O4/c1-3-32(4-2)23-29-14-16(13-25(26,27)28)20(31-23)30-18(22(36)37)12-15-7-9-17(10-8-15)34-21(35)19-6-5-11-33(19)24(34)38/h7-10,14,18-19H,3-6,11-13H2,1-2H3,(H,36,37)(H,29,30,31)/t18-,19+/m1/s1. The van der Waals surface area contributed by atoms with Crippen LogP contribution in [-0.2, 0) is 22.4 Å². The Kier molecular flexibility index (Phi) is 7.74. The maximum atomic E-state index is 13.2. The Morgan fingerprint density at radius 3 is 2.47 bits per heavy atom. The van der Waals surface area contributed by atoms with Crippen LogP contribution in [0.25, 0.3) is 0 Å². The summed E-state index contributed by atoms with van der Waals surface area (Å²) in [6, 6.07) is 4.19. The normalized spacial score (nSPS) is 18.1. The molecule has 0 aliphatic carbocycles. The van der Waals surface area contributed by atoms with Crippen LogP contribution in [0.5, 0.6) is 0 Å². The third-order valence-corrected chi connectivity index (χ3v) is 6.73. The summed E-state index contributed by atoms with van der Waals surface area (Å²) in [5.74, 6) is -1.56. The number of anilines is 3. The lowest BCUT2D eigenvalue weighted by Crippen LogP contribution is -2.34. The van der Waals surface area contributed by atoms with Crippen molar-refractivity contribution in [3.8, 4) is 0 Å². The number of imide groups is 1. The molecule has 13 heteroatoms. The smallest absolute Gasteiger partial charge is 0.393 e. The van der Waals surface area contributed by atoms with Crippen molar-refractivity contribution in [1.29, 1.82) is 0 Å². The number of nitrogens with zero attached hydrogens (tertiary/aromatic N) is 5.